The van der Waals surface area contributed by atoms with Crippen molar-refractivity contribution >= 4 is 17.5 Å². The van der Waals surface area contributed by atoms with Gasteiger partial charge in [-0.2, -0.15) is 0 Å². The third-order valence-electron chi connectivity index (χ3n) is 2.77. The normalized spacial score (nSPS) is 11.9. The van der Waals surface area contributed by atoms with Crippen molar-refractivity contribution in [1.29, 1.82) is 0 Å². The molecular formula is C13H21N3O2. The molecule has 0 aliphatic heterocycles. The Hall–Kier alpha value is -1.78. The standard InChI is InChI=1S/C13H21N3O2/c1-4-5-6-9(2)16-12-11(14)10(7-8-15-12)13(17)18-3/h7-9H,4-6,14H2,1-3H3,(H,15,16). The van der Waals surface area contributed by atoms with Crippen molar-refractivity contribution < 1.29 is 9.53 Å². The lowest BCUT2D eigenvalue weighted by Crippen LogP contribution is -2.18. The Labute approximate surface area is 108 Å². The van der Waals surface area contributed by atoms with E-state index in [-0.39, 0.29) is 6.04 Å². The van der Waals surface area contributed by atoms with Crippen LogP contribution in [0.2, 0.25) is 0 Å². The third kappa shape index (κ3) is 3.61. The van der Waals surface area contributed by atoms with Gasteiger partial charge in [-0.15, -0.1) is 0 Å². The molecule has 0 fully saturated rings. The summed E-state index contributed by atoms with van der Waals surface area (Å²) in [7, 11) is 1.33. The molecule has 1 aromatic heterocycles. The Bertz CT molecular complexity index is 407. The van der Waals surface area contributed by atoms with Crippen molar-refractivity contribution in [3.05, 3.63) is 17.8 Å². The molecule has 0 saturated heterocycles. The summed E-state index contributed by atoms with van der Waals surface area (Å²) in [4.78, 5) is 15.6. The van der Waals surface area contributed by atoms with Crippen molar-refractivity contribution in [2.75, 3.05) is 18.2 Å². The van der Waals surface area contributed by atoms with E-state index in [2.05, 4.69) is 28.9 Å². The van der Waals surface area contributed by atoms with E-state index >= 15 is 0 Å². The van der Waals surface area contributed by atoms with Gasteiger partial charge in [-0.1, -0.05) is 19.8 Å². The van der Waals surface area contributed by atoms with Crippen LogP contribution in [0.4, 0.5) is 11.5 Å². The largest absolute Gasteiger partial charge is 0.465 e. The first kappa shape index (κ1) is 14.3. The second-order valence-electron chi connectivity index (χ2n) is 4.30. The molecule has 0 amide bonds. The highest BCUT2D eigenvalue weighted by molar-refractivity contribution is 5.97. The van der Waals surface area contributed by atoms with Crippen LogP contribution in [-0.2, 0) is 4.74 Å². The van der Waals surface area contributed by atoms with Gasteiger partial charge in [0.1, 0.15) is 5.82 Å². The van der Waals surface area contributed by atoms with Crippen LogP contribution < -0.4 is 11.1 Å². The summed E-state index contributed by atoms with van der Waals surface area (Å²) in [5.74, 6) is 0.0978. The lowest BCUT2D eigenvalue weighted by Gasteiger charge is -2.16. The van der Waals surface area contributed by atoms with E-state index in [1.54, 1.807) is 12.3 Å². The van der Waals surface area contributed by atoms with Crippen LogP contribution in [0.25, 0.3) is 0 Å². The van der Waals surface area contributed by atoms with Crippen LogP contribution in [0.15, 0.2) is 12.3 Å². The molecule has 0 aromatic carbocycles. The maximum Gasteiger partial charge on any atom is 0.340 e. The van der Waals surface area contributed by atoms with Gasteiger partial charge in [0, 0.05) is 12.2 Å². The number of hydrogen-bond acceptors (Lipinski definition) is 5. The van der Waals surface area contributed by atoms with Gasteiger partial charge in [-0.25, -0.2) is 9.78 Å². The van der Waals surface area contributed by atoms with Crippen LogP contribution in [0.5, 0.6) is 0 Å². The minimum absolute atomic E-state index is 0.271. The van der Waals surface area contributed by atoms with Crippen LogP contribution in [0.3, 0.4) is 0 Å². The number of nitrogens with one attached hydrogen (secondary N) is 1. The van der Waals surface area contributed by atoms with Gasteiger partial charge in [-0.05, 0) is 19.4 Å². The van der Waals surface area contributed by atoms with Gasteiger partial charge < -0.3 is 15.8 Å². The van der Waals surface area contributed by atoms with E-state index in [4.69, 9.17) is 5.73 Å². The first-order valence-electron chi connectivity index (χ1n) is 6.19. The number of esters is 1. The van der Waals surface area contributed by atoms with E-state index in [1.165, 1.54) is 7.11 Å². The Morgan fingerprint density at radius 2 is 2.33 bits per heavy atom. The number of nitrogen functional groups attached to an aromatic ring is 1. The topological polar surface area (TPSA) is 77.2 Å². The average molecular weight is 251 g/mol. The second kappa shape index (κ2) is 6.83. The number of methoxy groups -OCH3 is 1. The van der Waals surface area contributed by atoms with E-state index in [0.717, 1.165) is 19.3 Å². The van der Waals surface area contributed by atoms with Crippen molar-refractivity contribution in [2.24, 2.45) is 0 Å². The Balaban J connectivity index is 2.80. The molecule has 1 aromatic rings. The van der Waals surface area contributed by atoms with E-state index in [9.17, 15) is 4.79 Å². The van der Waals surface area contributed by atoms with E-state index in [0.29, 0.717) is 17.1 Å². The molecule has 0 bridgehead atoms. The fourth-order valence-electron chi connectivity index (χ4n) is 1.69. The third-order valence-corrected chi connectivity index (χ3v) is 2.77. The maximum absolute atomic E-state index is 11.5. The predicted molar refractivity (Wildman–Crippen MR) is 72.6 cm³/mol. The number of pyridine rings is 1. The van der Waals surface area contributed by atoms with Gasteiger partial charge >= 0.3 is 5.97 Å². The van der Waals surface area contributed by atoms with Gasteiger partial charge in [0.25, 0.3) is 0 Å². The summed E-state index contributed by atoms with van der Waals surface area (Å²) < 4.78 is 4.67. The molecule has 3 N–H and O–H groups in total. The number of hydrogen-bond donors (Lipinski definition) is 2. The lowest BCUT2D eigenvalue weighted by atomic mass is 10.1. The number of aromatic nitrogens is 1. The molecule has 1 rings (SSSR count). The summed E-state index contributed by atoms with van der Waals surface area (Å²) in [6.45, 7) is 4.22. The maximum atomic E-state index is 11.5. The summed E-state index contributed by atoms with van der Waals surface area (Å²) in [6.07, 6.45) is 4.89. The van der Waals surface area contributed by atoms with Crippen LogP contribution in [-0.4, -0.2) is 24.1 Å². The molecule has 18 heavy (non-hydrogen) atoms. The molecule has 0 saturated carbocycles. The Morgan fingerprint density at radius 1 is 1.61 bits per heavy atom. The van der Waals surface area contributed by atoms with Gasteiger partial charge in [0.2, 0.25) is 0 Å². The monoisotopic (exact) mass is 251 g/mol. The molecule has 0 radical (unpaired) electrons. The van der Waals surface area contributed by atoms with Gasteiger partial charge in [0.05, 0.1) is 18.4 Å². The summed E-state index contributed by atoms with van der Waals surface area (Å²) >= 11 is 0. The fraction of sp³-hybridized carbons (Fsp3) is 0.538. The molecule has 1 unspecified atom stereocenters. The Kier molecular flexibility index (Phi) is 5.42. The van der Waals surface area contributed by atoms with Crippen LogP contribution in [0, 0.1) is 0 Å². The SMILES string of the molecule is CCCCC(C)Nc1nccc(C(=O)OC)c1N. The van der Waals surface area contributed by atoms with Crippen molar-refractivity contribution in [3.8, 4) is 0 Å². The number of unbranched alkanes of at least 4 members (excludes halogenated alkanes) is 1. The smallest absolute Gasteiger partial charge is 0.340 e. The number of anilines is 2. The lowest BCUT2D eigenvalue weighted by molar-refractivity contribution is 0.0602. The molecule has 5 heteroatoms. The second-order valence-corrected chi connectivity index (χ2v) is 4.30. The Morgan fingerprint density at radius 3 is 2.94 bits per heavy atom. The minimum Gasteiger partial charge on any atom is -0.465 e. The molecule has 0 aliphatic carbocycles. The highest BCUT2D eigenvalue weighted by atomic mass is 16.5. The van der Waals surface area contributed by atoms with Crippen LogP contribution >= 0.6 is 0 Å². The molecule has 5 nitrogen and oxygen atoms in total. The predicted octanol–water partition coefficient (Wildman–Crippen LogP) is 2.44. The zero-order valence-corrected chi connectivity index (χ0v) is 11.2. The molecule has 0 spiro atoms. The number of nitrogens with zero attached hydrogens (tertiary/aromatic N) is 1. The minimum atomic E-state index is -0.445. The molecular weight excluding hydrogens is 230 g/mol. The van der Waals surface area contributed by atoms with Gasteiger partial charge in [-0.3, -0.25) is 0 Å². The number of ether oxygens (including phenoxy) is 1. The molecule has 0 aliphatic rings. The van der Waals surface area contributed by atoms with E-state index < -0.39 is 5.97 Å². The summed E-state index contributed by atoms with van der Waals surface area (Å²) in [5, 5.41) is 3.22. The van der Waals surface area contributed by atoms with Crippen molar-refractivity contribution in [3.63, 3.8) is 0 Å². The molecule has 1 atom stereocenters. The van der Waals surface area contributed by atoms with Gasteiger partial charge in [0.15, 0.2) is 0 Å². The highest BCUT2D eigenvalue weighted by Crippen LogP contribution is 2.22. The van der Waals surface area contributed by atoms with Crippen molar-refractivity contribution in [2.45, 2.75) is 39.2 Å². The number of carbonyl (C=O) groups excluding carboxylic acids is 1. The zero-order chi connectivity index (χ0) is 13.5. The first-order chi connectivity index (χ1) is 8.60. The quantitative estimate of drug-likeness (QED) is 0.759. The number of nitrogens with two attached hydrogens (primary N) is 1. The summed E-state index contributed by atoms with van der Waals surface area (Å²) in [6, 6.07) is 1.83. The summed E-state index contributed by atoms with van der Waals surface area (Å²) in [5.41, 5.74) is 6.60. The average Bonchev–Trinajstić information content (AvgIpc) is 2.38. The molecule has 1 heterocycles. The highest BCUT2D eigenvalue weighted by Gasteiger charge is 2.14. The molecule has 100 valence electrons. The number of carbonyl (C=O) groups is 1. The van der Waals surface area contributed by atoms with Crippen molar-refractivity contribution in [1.82, 2.24) is 4.98 Å². The van der Waals surface area contributed by atoms with Crippen LogP contribution in [0.1, 0.15) is 43.5 Å². The first-order valence-corrected chi connectivity index (χ1v) is 6.19. The zero-order valence-electron chi connectivity index (χ0n) is 11.2. The number of rotatable bonds is 6. The fourth-order valence-corrected chi connectivity index (χ4v) is 1.69. The van der Waals surface area contributed by atoms with E-state index in [1.807, 2.05) is 0 Å².